The third-order valence-corrected chi connectivity index (χ3v) is 5.22. The Balaban J connectivity index is 1.25. The molecule has 1 aliphatic heterocycles. The third kappa shape index (κ3) is 5.03. The molecule has 2 aromatic carbocycles. The van der Waals surface area contributed by atoms with Crippen LogP contribution in [0.4, 0.5) is 4.39 Å². The van der Waals surface area contributed by atoms with Crippen LogP contribution in [0.25, 0.3) is 0 Å². The van der Waals surface area contributed by atoms with Gasteiger partial charge in [-0.3, -0.25) is 9.80 Å². The Morgan fingerprint density at radius 2 is 1.36 bits per heavy atom. The van der Waals surface area contributed by atoms with Gasteiger partial charge in [0.2, 0.25) is 0 Å². The van der Waals surface area contributed by atoms with Crippen molar-refractivity contribution in [3.05, 3.63) is 82.9 Å². The Kier molecular flexibility index (Phi) is 5.78. The van der Waals surface area contributed by atoms with E-state index in [0.29, 0.717) is 6.54 Å². The molecule has 0 amide bonds. The summed E-state index contributed by atoms with van der Waals surface area (Å²) in [5, 5.41) is 8.52. The van der Waals surface area contributed by atoms with Crippen LogP contribution in [0, 0.1) is 12.7 Å². The van der Waals surface area contributed by atoms with Gasteiger partial charge in [0.15, 0.2) is 0 Å². The fraction of sp³-hybridized carbons (Fsp3) is 0.364. The second-order valence-electron chi connectivity index (χ2n) is 7.57. The molecular formula is C22H26FN5. The first-order valence-corrected chi connectivity index (χ1v) is 9.78. The number of hydrogen-bond acceptors (Lipinski definition) is 4. The van der Waals surface area contributed by atoms with E-state index >= 15 is 0 Å². The minimum atomic E-state index is -0.218. The summed E-state index contributed by atoms with van der Waals surface area (Å²) >= 11 is 0. The molecule has 5 nitrogen and oxygen atoms in total. The quantitative estimate of drug-likeness (QED) is 0.660. The maximum atomic E-state index is 13.0. The van der Waals surface area contributed by atoms with E-state index in [1.807, 2.05) is 10.9 Å². The third-order valence-electron chi connectivity index (χ3n) is 5.22. The van der Waals surface area contributed by atoms with Crippen LogP contribution < -0.4 is 0 Å². The van der Waals surface area contributed by atoms with Gasteiger partial charge in [0.05, 0.1) is 18.4 Å². The molecule has 3 aromatic rings. The van der Waals surface area contributed by atoms with Crippen LogP contribution in [0.5, 0.6) is 0 Å². The maximum absolute atomic E-state index is 13.0. The second-order valence-corrected chi connectivity index (χ2v) is 7.57. The SMILES string of the molecule is Cc1ccc(CN2CCN(Cc3cn(Cc4ccc(F)cc4)nn3)CC2)cc1. The highest BCUT2D eigenvalue weighted by Gasteiger charge is 2.18. The smallest absolute Gasteiger partial charge is 0.123 e. The molecule has 0 unspecified atom stereocenters. The van der Waals surface area contributed by atoms with Crippen LogP contribution in [0.3, 0.4) is 0 Å². The van der Waals surface area contributed by atoms with Crippen LogP contribution >= 0.6 is 0 Å². The molecule has 1 aliphatic rings. The molecule has 4 rings (SSSR count). The zero-order chi connectivity index (χ0) is 19.3. The lowest BCUT2D eigenvalue weighted by molar-refractivity contribution is 0.121. The van der Waals surface area contributed by atoms with E-state index < -0.39 is 0 Å². The Morgan fingerprint density at radius 3 is 2.04 bits per heavy atom. The van der Waals surface area contributed by atoms with Crippen LogP contribution in [-0.4, -0.2) is 51.0 Å². The first kappa shape index (κ1) is 18.8. The normalized spacial score (nSPS) is 15.8. The molecule has 0 saturated carbocycles. The summed E-state index contributed by atoms with van der Waals surface area (Å²) in [6, 6.07) is 15.3. The number of aryl methyl sites for hydroxylation is 1. The molecule has 0 spiro atoms. The van der Waals surface area contributed by atoms with Gasteiger partial charge in [-0.15, -0.1) is 5.10 Å². The highest BCUT2D eigenvalue weighted by molar-refractivity contribution is 5.21. The largest absolute Gasteiger partial charge is 0.297 e. The minimum Gasteiger partial charge on any atom is -0.297 e. The van der Waals surface area contributed by atoms with Gasteiger partial charge in [-0.1, -0.05) is 47.2 Å². The van der Waals surface area contributed by atoms with Gasteiger partial charge in [0.25, 0.3) is 0 Å². The van der Waals surface area contributed by atoms with E-state index in [2.05, 4.69) is 51.3 Å². The molecule has 1 aromatic heterocycles. The van der Waals surface area contributed by atoms with Crippen molar-refractivity contribution in [2.24, 2.45) is 0 Å². The van der Waals surface area contributed by atoms with Gasteiger partial charge in [0.1, 0.15) is 5.82 Å². The summed E-state index contributed by atoms with van der Waals surface area (Å²) in [5.74, 6) is -0.218. The number of rotatable bonds is 6. The van der Waals surface area contributed by atoms with Crippen molar-refractivity contribution >= 4 is 0 Å². The van der Waals surface area contributed by atoms with E-state index in [4.69, 9.17) is 0 Å². The zero-order valence-electron chi connectivity index (χ0n) is 16.3. The van der Waals surface area contributed by atoms with Crippen LogP contribution in [0.1, 0.15) is 22.4 Å². The van der Waals surface area contributed by atoms with Crippen LogP contribution in [0.15, 0.2) is 54.7 Å². The molecule has 6 heteroatoms. The van der Waals surface area contributed by atoms with Crippen molar-refractivity contribution in [3.63, 3.8) is 0 Å². The van der Waals surface area contributed by atoms with E-state index in [-0.39, 0.29) is 5.82 Å². The Bertz CT molecular complexity index is 880. The molecule has 0 bridgehead atoms. The maximum Gasteiger partial charge on any atom is 0.123 e. The highest BCUT2D eigenvalue weighted by Crippen LogP contribution is 2.12. The average molecular weight is 379 g/mol. The first-order valence-electron chi connectivity index (χ1n) is 9.78. The van der Waals surface area contributed by atoms with Crippen molar-refractivity contribution in [2.75, 3.05) is 26.2 Å². The van der Waals surface area contributed by atoms with E-state index in [1.165, 1.54) is 23.3 Å². The van der Waals surface area contributed by atoms with Crippen molar-refractivity contribution < 1.29 is 4.39 Å². The van der Waals surface area contributed by atoms with Gasteiger partial charge in [-0.25, -0.2) is 9.07 Å². The number of benzene rings is 2. The molecule has 2 heterocycles. The summed E-state index contributed by atoms with van der Waals surface area (Å²) in [7, 11) is 0. The predicted octanol–water partition coefficient (Wildman–Crippen LogP) is 3.09. The molecule has 0 atom stereocenters. The molecule has 146 valence electrons. The molecule has 0 aliphatic carbocycles. The van der Waals surface area contributed by atoms with Crippen molar-refractivity contribution in [3.8, 4) is 0 Å². The average Bonchev–Trinajstić information content (AvgIpc) is 3.14. The summed E-state index contributed by atoms with van der Waals surface area (Å²) in [4.78, 5) is 4.93. The van der Waals surface area contributed by atoms with Crippen LogP contribution in [-0.2, 0) is 19.6 Å². The molecule has 1 fully saturated rings. The summed E-state index contributed by atoms with van der Waals surface area (Å²) in [5.41, 5.74) is 4.68. The van der Waals surface area contributed by atoms with Gasteiger partial charge >= 0.3 is 0 Å². The standard InChI is InChI=1S/C22H26FN5/c1-18-2-4-19(5-3-18)14-26-10-12-27(13-11-26)16-22-17-28(25-24-22)15-20-6-8-21(23)9-7-20/h2-9,17H,10-16H2,1H3. The monoisotopic (exact) mass is 379 g/mol. The number of halogens is 1. The summed E-state index contributed by atoms with van der Waals surface area (Å²) in [6.45, 7) is 8.78. The van der Waals surface area contributed by atoms with Gasteiger partial charge < -0.3 is 0 Å². The Hall–Kier alpha value is -2.57. The fourth-order valence-corrected chi connectivity index (χ4v) is 3.55. The van der Waals surface area contributed by atoms with Crippen molar-refractivity contribution in [1.29, 1.82) is 0 Å². The topological polar surface area (TPSA) is 37.2 Å². The van der Waals surface area contributed by atoms with E-state index in [1.54, 1.807) is 12.1 Å². The lowest BCUT2D eigenvalue weighted by atomic mass is 10.1. The van der Waals surface area contributed by atoms with Gasteiger partial charge in [-0.2, -0.15) is 0 Å². The summed E-state index contributed by atoms with van der Waals surface area (Å²) in [6.07, 6.45) is 1.99. The lowest BCUT2D eigenvalue weighted by Gasteiger charge is -2.34. The second kappa shape index (κ2) is 8.63. The molecule has 1 saturated heterocycles. The number of piperazine rings is 1. The molecule has 0 N–H and O–H groups in total. The van der Waals surface area contributed by atoms with Gasteiger partial charge in [-0.05, 0) is 30.2 Å². The fourth-order valence-electron chi connectivity index (χ4n) is 3.55. The minimum absolute atomic E-state index is 0.218. The predicted molar refractivity (Wildman–Crippen MR) is 107 cm³/mol. The van der Waals surface area contributed by atoms with E-state index in [9.17, 15) is 4.39 Å². The first-order chi connectivity index (χ1) is 13.6. The zero-order valence-corrected chi connectivity index (χ0v) is 16.3. The Labute approximate surface area is 165 Å². The summed E-state index contributed by atoms with van der Waals surface area (Å²) < 4.78 is 14.8. The van der Waals surface area contributed by atoms with Crippen LogP contribution in [0.2, 0.25) is 0 Å². The highest BCUT2D eigenvalue weighted by atomic mass is 19.1. The lowest BCUT2D eigenvalue weighted by Crippen LogP contribution is -2.45. The number of hydrogen-bond donors (Lipinski definition) is 0. The Morgan fingerprint density at radius 1 is 0.786 bits per heavy atom. The number of nitrogens with zero attached hydrogens (tertiary/aromatic N) is 5. The number of aromatic nitrogens is 3. The molecule has 28 heavy (non-hydrogen) atoms. The molecule has 0 radical (unpaired) electrons. The van der Waals surface area contributed by atoms with Crippen molar-refractivity contribution in [2.45, 2.75) is 26.6 Å². The van der Waals surface area contributed by atoms with E-state index in [0.717, 1.165) is 50.5 Å². The van der Waals surface area contributed by atoms with Crippen molar-refractivity contribution in [1.82, 2.24) is 24.8 Å². The molecular weight excluding hydrogens is 353 g/mol. The van der Waals surface area contributed by atoms with Gasteiger partial charge in [0, 0.05) is 39.3 Å².